The van der Waals surface area contributed by atoms with Crippen molar-refractivity contribution < 1.29 is 23.8 Å². The number of nitrogens with zero attached hydrogens (tertiary/aromatic N) is 4. The molecule has 1 fully saturated rings. The molecule has 3 heterocycles. The number of aliphatic hydroxyl groups excluding tert-OH is 1. The number of hydrogen-bond acceptors (Lipinski definition) is 8. The zero-order valence-corrected chi connectivity index (χ0v) is 14.6. The highest BCUT2D eigenvalue weighted by atomic mass is 16.7. The summed E-state index contributed by atoms with van der Waals surface area (Å²) >= 11 is 0. The number of carbonyl (C=O) groups excluding carboxylic acids is 1. The summed E-state index contributed by atoms with van der Waals surface area (Å²) in [6, 6.07) is 4.90. The van der Waals surface area contributed by atoms with Crippen LogP contribution in [0.15, 0.2) is 22.6 Å². The Hall–Kier alpha value is -2.65. The molecule has 0 aliphatic carbocycles. The minimum Gasteiger partial charge on any atom is -0.454 e. The fourth-order valence-corrected chi connectivity index (χ4v) is 3.31. The summed E-state index contributed by atoms with van der Waals surface area (Å²) < 4.78 is 16.0. The molecule has 2 aliphatic rings. The first-order chi connectivity index (χ1) is 12.5. The number of amides is 1. The van der Waals surface area contributed by atoms with E-state index in [1.54, 1.807) is 30.0 Å². The quantitative estimate of drug-likeness (QED) is 0.837. The van der Waals surface area contributed by atoms with Crippen LogP contribution in [-0.2, 0) is 6.54 Å². The van der Waals surface area contributed by atoms with Gasteiger partial charge >= 0.3 is 0 Å². The Balaban J connectivity index is 1.43. The normalized spacial score (nSPS) is 21.6. The van der Waals surface area contributed by atoms with Crippen LogP contribution >= 0.6 is 0 Å². The zero-order chi connectivity index (χ0) is 18.3. The lowest BCUT2D eigenvalue weighted by atomic mass is 10.2. The number of aromatic nitrogens is 2. The molecule has 2 aromatic rings. The molecular weight excluding hydrogens is 340 g/mol. The molecule has 1 aromatic heterocycles. The topological polar surface area (TPSA) is 101 Å². The van der Waals surface area contributed by atoms with Crippen molar-refractivity contribution in [3.63, 3.8) is 0 Å². The molecular formula is C17H20N4O5. The molecule has 1 saturated heterocycles. The fourth-order valence-electron chi connectivity index (χ4n) is 3.31. The second-order valence-electron chi connectivity index (χ2n) is 6.54. The Labute approximate surface area is 150 Å². The van der Waals surface area contributed by atoms with Gasteiger partial charge in [0.05, 0.1) is 18.7 Å². The highest BCUT2D eigenvalue weighted by molar-refractivity contribution is 5.95. The number of ether oxygens (including phenoxy) is 2. The van der Waals surface area contributed by atoms with E-state index in [0.29, 0.717) is 41.9 Å². The Morgan fingerprint density at radius 1 is 1.31 bits per heavy atom. The maximum absolute atomic E-state index is 12.8. The lowest BCUT2D eigenvalue weighted by molar-refractivity contribution is 0.0761. The van der Waals surface area contributed by atoms with Crippen molar-refractivity contribution in [2.45, 2.75) is 25.6 Å². The van der Waals surface area contributed by atoms with Gasteiger partial charge in [-0.3, -0.25) is 9.69 Å². The number of aryl methyl sites for hydroxylation is 1. The van der Waals surface area contributed by atoms with Gasteiger partial charge < -0.3 is 23.9 Å². The van der Waals surface area contributed by atoms with Gasteiger partial charge in [-0.25, -0.2) is 0 Å². The van der Waals surface area contributed by atoms with Crippen LogP contribution < -0.4 is 9.47 Å². The average molecular weight is 360 g/mol. The van der Waals surface area contributed by atoms with Crippen molar-refractivity contribution in [2.24, 2.45) is 0 Å². The molecule has 4 rings (SSSR count). The standard InChI is InChI=1S/C17H20N4O5/c1-10-18-19-16(26-10)8-20(2)12-6-21(7-13(12)22)17(23)11-3-4-14-15(5-11)25-9-24-14/h3-5,12-13,22H,6-9H2,1-2H3/t12?,13-/m1/s1. The van der Waals surface area contributed by atoms with Crippen LogP contribution in [0.4, 0.5) is 0 Å². The number of likely N-dealkylation sites (N-methyl/N-ethyl adjacent to an activating group) is 1. The van der Waals surface area contributed by atoms with Crippen LogP contribution in [0.3, 0.4) is 0 Å². The van der Waals surface area contributed by atoms with Gasteiger partial charge in [-0.1, -0.05) is 0 Å². The molecule has 0 radical (unpaired) electrons. The number of carbonyl (C=O) groups is 1. The number of β-amino-alcohol motifs (C(OH)–C–C–N with tert-alkyl or cyclic N) is 1. The summed E-state index contributed by atoms with van der Waals surface area (Å²) in [6.45, 7) is 2.99. The predicted molar refractivity (Wildman–Crippen MR) is 88.8 cm³/mol. The number of fused-ring (bicyclic) bond motifs is 1. The van der Waals surface area contributed by atoms with Crippen LogP contribution in [0.5, 0.6) is 11.5 Å². The van der Waals surface area contributed by atoms with Crippen molar-refractivity contribution in [1.29, 1.82) is 0 Å². The second-order valence-corrected chi connectivity index (χ2v) is 6.54. The van der Waals surface area contributed by atoms with Gasteiger partial charge in [0.15, 0.2) is 11.5 Å². The molecule has 2 aliphatic heterocycles. The number of aliphatic hydroxyl groups is 1. The average Bonchev–Trinajstić information content (AvgIpc) is 3.33. The van der Waals surface area contributed by atoms with Gasteiger partial charge in [-0.15, -0.1) is 10.2 Å². The molecule has 0 saturated carbocycles. The largest absolute Gasteiger partial charge is 0.454 e. The van der Waals surface area contributed by atoms with Crippen molar-refractivity contribution >= 4 is 5.91 Å². The Kier molecular flexibility index (Phi) is 4.25. The van der Waals surface area contributed by atoms with Crippen molar-refractivity contribution in [3.8, 4) is 11.5 Å². The smallest absolute Gasteiger partial charge is 0.254 e. The van der Waals surface area contributed by atoms with E-state index in [0.717, 1.165) is 0 Å². The van der Waals surface area contributed by atoms with Gasteiger partial charge in [0.1, 0.15) is 0 Å². The van der Waals surface area contributed by atoms with Crippen molar-refractivity contribution in [2.75, 3.05) is 26.9 Å². The lowest BCUT2D eigenvalue weighted by Crippen LogP contribution is -2.40. The second kappa shape index (κ2) is 6.58. The first-order valence-electron chi connectivity index (χ1n) is 8.37. The first kappa shape index (κ1) is 16.8. The van der Waals surface area contributed by atoms with E-state index in [-0.39, 0.29) is 25.3 Å². The summed E-state index contributed by atoms with van der Waals surface area (Å²) in [5, 5.41) is 18.2. The molecule has 1 N–H and O–H groups in total. The van der Waals surface area contributed by atoms with Gasteiger partial charge in [0.25, 0.3) is 5.91 Å². The number of hydrogen-bond donors (Lipinski definition) is 1. The van der Waals surface area contributed by atoms with Gasteiger partial charge in [0, 0.05) is 25.6 Å². The van der Waals surface area contributed by atoms with Crippen LogP contribution in [0.2, 0.25) is 0 Å². The highest BCUT2D eigenvalue weighted by Crippen LogP contribution is 2.33. The third-order valence-corrected chi connectivity index (χ3v) is 4.68. The lowest BCUT2D eigenvalue weighted by Gasteiger charge is -2.24. The maximum Gasteiger partial charge on any atom is 0.254 e. The van der Waals surface area contributed by atoms with Gasteiger partial charge in [-0.05, 0) is 25.2 Å². The van der Waals surface area contributed by atoms with E-state index in [4.69, 9.17) is 13.9 Å². The molecule has 0 spiro atoms. The van der Waals surface area contributed by atoms with Crippen LogP contribution in [0.1, 0.15) is 22.1 Å². The van der Waals surface area contributed by atoms with E-state index >= 15 is 0 Å². The molecule has 9 nitrogen and oxygen atoms in total. The van der Waals surface area contributed by atoms with Crippen LogP contribution in [0.25, 0.3) is 0 Å². The summed E-state index contributed by atoms with van der Waals surface area (Å²) in [4.78, 5) is 16.3. The number of likely N-dealkylation sites (tertiary alicyclic amines) is 1. The SMILES string of the molecule is Cc1nnc(CN(C)C2CN(C(=O)c3ccc4c(c3)OCO4)C[C@H]2O)o1. The predicted octanol–water partition coefficient (Wildman–Crippen LogP) is 0.424. The molecule has 1 unspecified atom stereocenters. The summed E-state index contributed by atoms with van der Waals surface area (Å²) in [7, 11) is 1.86. The van der Waals surface area contributed by atoms with E-state index in [2.05, 4.69) is 10.2 Å². The summed E-state index contributed by atoms with van der Waals surface area (Å²) in [5.74, 6) is 2.04. The Morgan fingerprint density at radius 3 is 2.88 bits per heavy atom. The first-order valence-corrected chi connectivity index (χ1v) is 8.37. The van der Waals surface area contributed by atoms with Crippen molar-refractivity contribution in [3.05, 3.63) is 35.5 Å². The van der Waals surface area contributed by atoms with Crippen LogP contribution in [0, 0.1) is 6.92 Å². The van der Waals surface area contributed by atoms with E-state index in [1.165, 1.54) is 0 Å². The van der Waals surface area contributed by atoms with E-state index in [9.17, 15) is 9.90 Å². The van der Waals surface area contributed by atoms with Crippen molar-refractivity contribution in [1.82, 2.24) is 20.0 Å². The zero-order valence-electron chi connectivity index (χ0n) is 14.6. The van der Waals surface area contributed by atoms with Gasteiger partial charge in [0.2, 0.25) is 18.6 Å². The molecule has 1 aromatic carbocycles. The molecule has 0 bridgehead atoms. The third kappa shape index (κ3) is 3.11. The Morgan fingerprint density at radius 2 is 2.12 bits per heavy atom. The monoisotopic (exact) mass is 360 g/mol. The van der Waals surface area contributed by atoms with E-state index in [1.807, 2.05) is 11.9 Å². The maximum atomic E-state index is 12.8. The number of benzene rings is 1. The molecule has 1 amide bonds. The molecule has 138 valence electrons. The highest BCUT2D eigenvalue weighted by Gasteiger charge is 2.37. The fraction of sp³-hybridized carbons (Fsp3) is 0.471. The summed E-state index contributed by atoms with van der Waals surface area (Å²) in [5.41, 5.74) is 0.511. The molecule has 9 heteroatoms. The summed E-state index contributed by atoms with van der Waals surface area (Å²) in [6.07, 6.45) is -0.651. The Bertz CT molecular complexity index is 823. The van der Waals surface area contributed by atoms with Gasteiger partial charge in [-0.2, -0.15) is 0 Å². The number of rotatable bonds is 4. The molecule has 2 atom stereocenters. The third-order valence-electron chi connectivity index (χ3n) is 4.68. The van der Waals surface area contributed by atoms with E-state index < -0.39 is 6.10 Å². The minimum absolute atomic E-state index is 0.146. The van der Waals surface area contributed by atoms with Crippen LogP contribution in [-0.4, -0.2) is 70.1 Å². The molecule has 26 heavy (non-hydrogen) atoms. The minimum atomic E-state index is -0.651.